The standard InChI is InChI=1S/C20H23F2N3O3S/c1-15(16-6-3-2-4-7-16)23-14-19(26)24-10-12-25(13-11-24)29(27,28)20-17(21)8-5-9-18(20)22/h2-9,15,23H,10-14H2,1H3. The van der Waals surface area contributed by atoms with Gasteiger partial charge in [-0.2, -0.15) is 4.31 Å². The molecule has 9 heteroatoms. The van der Waals surface area contributed by atoms with Gasteiger partial charge in [-0.1, -0.05) is 36.4 Å². The van der Waals surface area contributed by atoms with Crippen LogP contribution < -0.4 is 5.32 Å². The van der Waals surface area contributed by atoms with Crippen LogP contribution in [-0.2, 0) is 14.8 Å². The molecule has 1 aliphatic rings. The Labute approximate surface area is 169 Å². The number of hydrogen-bond acceptors (Lipinski definition) is 4. The van der Waals surface area contributed by atoms with E-state index in [2.05, 4.69) is 5.32 Å². The largest absolute Gasteiger partial charge is 0.339 e. The van der Waals surface area contributed by atoms with Gasteiger partial charge in [-0.15, -0.1) is 0 Å². The van der Waals surface area contributed by atoms with Gasteiger partial charge in [-0.25, -0.2) is 17.2 Å². The molecule has 0 bridgehead atoms. The minimum absolute atomic E-state index is 0.00847. The van der Waals surface area contributed by atoms with E-state index in [1.807, 2.05) is 37.3 Å². The van der Waals surface area contributed by atoms with Crippen LogP contribution in [0.1, 0.15) is 18.5 Å². The molecule has 0 saturated carbocycles. The van der Waals surface area contributed by atoms with Crippen molar-refractivity contribution in [2.24, 2.45) is 0 Å². The molecule has 1 fully saturated rings. The maximum Gasteiger partial charge on any atom is 0.249 e. The Kier molecular flexibility index (Phi) is 6.61. The van der Waals surface area contributed by atoms with E-state index in [9.17, 15) is 22.0 Å². The highest BCUT2D eigenvalue weighted by Gasteiger charge is 2.34. The second kappa shape index (κ2) is 8.98. The summed E-state index contributed by atoms with van der Waals surface area (Å²) in [6, 6.07) is 12.6. The molecule has 0 aliphatic carbocycles. The van der Waals surface area contributed by atoms with E-state index in [-0.39, 0.29) is 44.7 Å². The summed E-state index contributed by atoms with van der Waals surface area (Å²) in [5.74, 6) is -2.40. The fourth-order valence-electron chi connectivity index (χ4n) is 3.25. The van der Waals surface area contributed by atoms with Crippen LogP contribution in [0.15, 0.2) is 53.4 Å². The monoisotopic (exact) mass is 423 g/mol. The average molecular weight is 423 g/mol. The van der Waals surface area contributed by atoms with Crippen LogP contribution in [0, 0.1) is 11.6 Å². The smallest absolute Gasteiger partial charge is 0.249 e. The van der Waals surface area contributed by atoms with Crippen molar-refractivity contribution in [2.45, 2.75) is 17.9 Å². The minimum Gasteiger partial charge on any atom is -0.339 e. The fourth-order valence-corrected chi connectivity index (χ4v) is 4.78. The van der Waals surface area contributed by atoms with Crippen molar-refractivity contribution in [3.05, 3.63) is 65.7 Å². The lowest BCUT2D eigenvalue weighted by molar-refractivity contribution is -0.131. The predicted molar refractivity (Wildman–Crippen MR) is 105 cm³/mol. The molecule has 1 unspecified atom stereocenters. The molecule has 2 aromatic rings. The summed E-state index contributed by atoms with van der Waals surface area (Å²) >= 11 is 0. The van der Waals surface area contributed by atoms with E-state index in [0.717, 1.165) is 28.1 Å². The normalized spacial score (nSPS) is 16.6. The molecule has 0 aromatic heterocycles. The third kappa shape index (κ3) is 4.80. The van der Waals surface area contributed by atoms with E-state index < -0.39 is 26.6 Å². The Balaban J connectivity index is 1.57. The summed E-state index contributed by atoms with van der Waals surface area (Å²) in [7, 11) is -4.30. The Morgan fingerprint density at radius 3 is 2.17 bits per heavy atom. The molecule has 2 aromatic carbocycles. The molecule has 6 nitrogen and oxygen atoms in total. The number of piperazine rings is 1. The molecule has 1 atom stereocenters. The number of sulfonamides is 1. The number of nitrogens with one attached hydrogen (secondary N) is 1. The van der Waals surface area contributed by atoms with Crippen LogP contribution in [0.2, 0.25) is 0 Å². The second-order valence-corrected chi connectivity index (χ2v) is 8.72. The minimum atomic E-state index is -4.30. The Morgan fingerprint density at radius 1 is 1.00 bits per heavy atom. The van der Waals surface area contributed by atoms with E-state index in [1.165, 1.54) is 0 Å². The number of carbonyl (C=O) groups excluding carboxylic acids is 1. The number of halogens is 2. The molecule has 3 rings (SSSR count). The summed E-state index contributed by atoms with van der Waals surface area (Å²) in [5.41, 5.74) is 1.06. The van der Waals surface area contributed by atoms with Gasteiger partial charge in [0.2, 0.25) is 15.9 Å². The fraction of sp³-hybridized carbons (Fsp3) is 0.350. The third-order valence-corrected chi connectivity index (χ3v) is 6.92. The van der Waals surface area contributed by atoms with Crippen LogP contribution in [0.3, 0.4) is 0 Å². The molecule has 1 saturated heterocycles. The number of hydrogen-bond donors (Lipinski definition) is 1. The first-order valence-corrected chi connectivity index (χ1v) is 10.7. The summed E-state index contributed by atoms with van der Waals surface area (Å²) in [5, 5.41) is 3.16. The number of carbonyl (C=O) groups is 1. The van der Waals surface area contributed by atoms with Gasteiger partial charge in [-0.3, -0.25) is 4.79 Å². The van der Waals surface area contributed by atoms with Crippen LogP contribution in [-0.4, -0.2) is 56.3 Å². The van der Waals surface area contributed by atoms with Crippen LogP contribution >= 0.6 is 0 Å². The van der Waals surface area contributed by atoms with Gasteiger partial charge in [0.05, 0.1) is 6.54 Å². The maximum absolute atomic E-state index is 13.9. The Hall–Kier alpha value is -2.36. The highest BCUT2D eigenvalue weighted by Crippen LogP contribution is 2.23. The first kappa shape index (κ1) is 21.4. The summed E-state index contributed by atoms with van der Waals surface area (Å²) < 4.78 is 54.0. The van der Waals surface area contributed by atoms with Crippen molar-refractivity contribution < 1.29 is 22.0 Å². The van der Waals surface area contributed by atoms with E-state index in [1.54, 1.807) is 4.90 Å². The van der Waals surface area contributed by atoms with Crippen molar-refractivity contribution in [1.29, 1.82) is 0 Å². The van der Waals surface area contributed by atoms with Crippen molar-refractivity contribution >= 4 is 15.9 Å². The third-order valence-electron chi connectivity index (χ3n) is 4.97. The van der Waals surface area contributed by atoms with Gasteiger partial charge in [-0.05, 0) is 24.6 Å². The molecule has 29 heavy (non-hydrogen) atoms. The second-order valence-electron chi connectivity index (χ2n) is 6.85. The van der Waals surface area contributed by atoms with Gasteiger partial charge < -0.3 is 10.2 Å². The van der Waals surface area contributed by atoms with Crippen LogP contribution in [0.25, 0.3) is 0 Å². The van der Waals surface area contributed by atoms with E-state index >= 15 is 0 Å². The molecular weight excluding hydrogens is 400 g/mol. The zero-order valence-corrected chi connectivity index (χ0v) is 16.8. The number of rotatable bonds is 6. The Morgan fingerprint density at radius 2 is 1.59 bits per heavy atom. The molecule has 1 N–H and O–H groups in total. The first-order chi connectivity index (χ1) is 13.8. The van der Waals surface area contributed by atoms with Gasteiger partial charge in [0.25, 0.3) is 0 Å². The number of amides is 1. The van der Waals surface area contributed by atoms with Gasteiger partial charge in [0.15, 0.2) is 4.90 Å². The van der Waals surface area contributed by atoms with Crippen molar-refractivity contribution in [3.63, 3.8) is 0 Å². The number of nitrogens with zero attached hydrogens (tertiary/aromatic N) is 2. The Bertz CT molecular complexity index is 942. The van der Waals surface area contributed by atoms with Crippen molar-refractivity contribution in [2.75, 3.05) is 32.7 Å². The number of benzene rings is 2. The van der Waals surface area contributed by atoms with E-state index in [4.69, 9.17) is 0 Å². The van der Waals surface area contributed by atoms with Gasteiger partial charge in [0, 0.05) is 32.2 Å². The van der Waals surface area contributed by atoms with Crippen molar-refractivity contribution in [1.82, 2.24) is 14.5 Å². The predicted octanol–water partition coefficient (Wildman–Crippen LogP) is 2.15. The topological polar surface area (TPSA) is 69.7 Å². The van der Waals surface area contributed by atoms with Crippen molar-refractivity contribution in [3.8, 4) is 0 Å². The zero-order chi connectivity index (χ0) is 21.0. The lowest BCUT2D eigenvalue weighted by Crippen LogP contribution is -2.52. The average Bonchev–Trinajstić information content (AvgIpc) is 2.72. The lowest BCUT2D eigenvalue weighted by Gasteiger charge is -2.34. The van der Waals surface area contributed by atoms with E-state index in [0.29, 0.717) is 0 Å². The SMILES string of the molecule is CC(NCC(=O)N1CCN(S(=O)(=O)c2c(F)cccc2F)CC1)c1ccccc1. The quantitative estimate of drug-likeness (QED) is 0.773. The summed E-state index contributed by atoms with van der Waals surface area (Å²) in [6.07, 6.45) is 0. The van der Waals surface area contributed by atoms with Crippen LogP contribution in [0.5, 0.6) is 0 Å². The molecule has 1 aliphatic heterocycles. The molecule has 1 heterocycles. The lowest BCUT2D eigenvalue weighted by atomic mass is 10.1. The van der Waals surface area contributed by atoms with Gasteiger partial charge >= 0.3 is 0 Å². The highest BCUT2D eigenvalue weighted by molar-refractivity contribution is 7.89. The van der Waals surface area contributed by atoms with Crippen LogP contribution in [0.4, 0.5) is 8.78 Å². The maximum atomic E-state index is 13.9. The molecule has 156 valence electrons. The zero-order valence-electron chi connectivity index (χ0n) is 16.0. The first-order valence-electron chi connectivity index (χ1n) is 9.31. The van der Waals surface area contributed by atoms with Gasteiger partial charge in [0.1, 0.15) is 11.6 Å². The molecular formula is C20H23F2N3O3S. The molecule has 0 spiro atoms. The molecule has 1 amide bonds. The molecule has 0 radical (unpaired) electrons. The summed E-state index contributed by atoms with van der Waals surface area (Å²) in [6.45, 7) is 2.36. The summed E-state index contributed by atoms with van der Waals surface area (Å²) in [4.78, 5) is 13.0. The highest BCUT2D eigenvalue weighted by atomic mass is 32.2.